The van der Waals surface area contributed by atoms with E-state index in [0.717, 1.165) is 0 Å². The van der Waals surface area contributed by atoms with Crippen molar-refractivity contribution < 1.29 is 24.2 Å². The molecule has 1 aromatic rings. The van der Waals surface area contributed by atoms with Gasteiger partial charge in [-0.2, -0.15) is 0 Å². The summed E-state index contributed by atoms with van der Waals surface area (Å²) >= 11 is 0. The minimum atomic E-state index is -0.932. The number of ether oxygens (including phenoxy) is 2. The van der Waals surface area contributed by atoms with Crippen molar-refractivity contribution in [3.8, 4) is 11.5 Å². The van der Waals surface area contributed by atoms with Crippen LogP contribution in [0.5, 0.6) is 11.5 Å². The molecule has 1 atom stereocenters. The summed E-state index contributed by atoms with van der Waals surface area (Å²) in [6, 6.07) is 3.16. The molecule has 21 heavy (non-hydrogen) atoms. The number of phenols is 1. The molecule has 6 nitrogen and oxygen atoms in total. The van der Waals surface area contributed by atoms with E-state index in [1.165, 1.54) is 32.2 Å². The predicted octanol–water partition coefficient (Wildman–Crippen LogP) is 1.01. The summed E-state index contributed by atoms with van der Waals surface area (Å²) in [6.07, 6.45) is 0. The number of esters is 2. The molecule has 0 bridgehead atoms. The van der Waals surface area contributed by atoms with Crippen LogP contribution in [0, 0.1) is 0 Å². The van der Waals surface area contributed by atoms with Crippen molar-refractivity contribution in [3.05, 3.63) is 36.0 Å². The zero-order chi connectivity index (χ0) is 15.3. The Kier molecular flexibility index (Phi) is 8.09. The first-order valence-corrected chi connectivity index (χ1v) is 5.86. The number of methoxy groups -OCH3 is 1. The number of nitrogens with one attached hydrogen (secondary N) is 1. The Labute approximate surface area is 145 Å². The number of hydrogen-bond acceptors (Lipinski definition) is 6. The molecule has 0 radical (unpaired) electrons. The second-order valence-corrected chi connectivity index (χ2v) is 4.20. The minimum absolute atomic E-state index is 0. The first-order chi connectivity index (χ1) is 9.35. The van der Waals surface area contributed by atoms with E-state index in [1.807, 2.05) is 0 Å². The average molecular weight is 303 g/mol. The maximum absolute atomic E-state index is 11.8. The number of rotatable bonds is 5. The number of allylic oxidation sites excluding steroid dienone is 1. The van der Waals surface area contributed by atoms with Gasteiger partial charge in [0.1, 0.15) is 11.5 Å². The molecule has 0 aliphatic rings. The molecule has 0 spiro atoms. The van der Waals surface area contributed by atoms with Gasteiger partial charge in [-0.1, -0.05) is 6.58 Å². The Morgan fingerprint density at radius 3 is 2.43 bits per heavy atom. The number of benzene rings is 1. The molecule has 0 heterocycles. The molecule has 7 heteroatoms. The second kappa shape index (κ2) is 8.71. The van der Waals surface area contributed by atoms with Crippen molar-refractivity contribution in [2.75, 3.05) is 7.11 Å². The van der Waals surface area contributed by atoms with Crippen molar-refractivity contribution in [1.29, 1.82) is 0 Å². The molecule has 1 rings (SSSR count). The Hall–Kier alpha value is -1.50. The summed E-state index contributed by atoms with van der Waals surface area (Å²) in [4.78, 5) is 22.9. The van der Waals surface area contributed by atoms with Crippen LogP contribution in [-0.2, 0) is 14.3 Å². The summed E-state index contributed by atoms with van der Waals surface area (Å²) in [7, 11) is 1.24. The average Bonchev–Trinajstić information content (AvgIpc) is 2.36. The molecule has 0 fully saturated rings. The number of carbonyl (C=O) groups is 2. The van der Waals surface area contributed by atoms with Gasteiger partial charge in [-0.3, -0.25) is 4.79 Å². The Morgan fingerprint density at radius 1 is 1.33 bits per heavy atom. The fraction of sp³-hybridized carbons (Fsp3) is 0.286. The Bertz CT molecular complexity index is 544. The summed E-state index contributed by atoms with van der Waals surface area (Å²) in [5.41, 5.74) is 0.813. The standard InChI is InChI=1S/C14H17NO5.Na.H/c1-8(2)15-13(14(18)19-4)11-7-10(17)5-6-12(11)20-9(3)16;;/h5-7,13,15,17H,1H2,2-4H3;;. The molecule has 0 saturated heterocycles. The fourth-order valence-electron chi connectivity index (χ4n) is 1.64. The molecule has 0 aromatic heterocycles. The van der Waals surface area contributed by atoms with Crippen LogP contribution in [0.15, 0.2) is 30.5 Å². The Morgan fingerprint density at radius 2 is 1.95 bits per heavy atom. The van der Waals surface area contributed by atoms with Crippen molar-refractivity contribution in [1.82, 2.24) is 5.32 Å². The first-order valence-electron chi connectivity index (χ1n) is 5.86. The molecule has 2 N–H and O–H groups in total. The number of carbonyl (C=O) groups excluding carboxylic acids is 2. The van der Waals surface area contributed by atoms with Gasteiger partial charge in [0.05, 0.1) is 7.11 Å². The molecule has 0 aliphatic heterocycles. The second-order valence-electron chi connectivity index (χ2n) is 4.20. The van der Waals surface area contributed by atoms with E-state index in [2.05, 4.69) is 11.9 Å². The quantitative estimate of drug-likeness (QED) is 0.480. The molecule has 1 unspecified atom stereocenters. The molecule has 0 amide bonds. The van der Waals surface area contributed by atoms with E-state index < -0.39 is 18.0 Å². The Balaban J connectivity index is 0.00000400. The first kappa shape index (κ1) is 19.5. The van der Waals surface area contributed by atoms with Crippen LogP contribution in [0.4, 0.5) is 0 Å². The molecule has 0 saturated carbocycles. The van der Waals surface area contributed by atoms with E-state index in [-0.39, 0.29) is 46.6 Å². The maximum atomic E-state index is 11.8. The monoisotopic (exact) mass is 303 g/mol. The SMILES string of the molecule is C=C(C)NC(C(=O)OC)c1cc(O)ccc1OC(C)=O.[NaH]. The third kappa shape index (κ3) is 5.79. The van der Waals surface area contributed by atoms with Gasteiger partial charge in [0.25, 0.3) is 0 Å². The normalized spacial score (nSPS) is 10.8. The summed E-state index contributed by atoms with van der Waals surface area (Å²) in [5.74, 6) is -1.02. The topological polar surface area (TPSA) is 84.9 Å². The van der Waals surface area contributed by atoms with E-state index in [1.54, 1.807) is 6.92 Å². The number of phenolic OH excluding ortho intramolecular Hbond substituents is 1. The van der Waals surface area contributed by atoms with Crippen molar-refractivity contribution in [2.24, 2.45) is 0 Å². The van der Waals surface area contributed by atoms with E-state index in [0.29, 0.717) is 5.70 Å². The van der Waals surface area contributed by atoms with E-state index in [4.69, 9.17) is 9.47 Å². The number of hydrogen-bond donors (Lipinski definition) is 2. The van der Waals surface area contributed by atoms with Gasteiger partial charge >= 0.3 is 41.5 Å². The third-order valence-corrected chi connectivity index (χ3v) is 2.39. The van der Waals surface area contributed by atoms with Crippen LogP contribution in [-0.4, -0.2) is 53.7 Å². The predicted molar refractivity (Wildman–Crippen MR) is 79.3 cm³/mol. The van der Waals surface area contributed by atoms with Gasteiger partial charge in [-0.05, 0) is 25.1 Å². The third-order valence-electron chi connectivity index (χ3n) is 2.39. The molecule has 110 valence electrons. The van der Waals surface area contributed by atoms with Crippen LogP contribution in [0.1, 0.15) is 25.5 Å². The summed E-state index contributed by atoms with van der Waals surface area (Å²) in [6.45, 7) is 6.58. The van der Waals surface area contributed by atoms with Crippen LogP contribution in [0.25, 0.3) is 0 Å². The fourth-order valence-corrected chi connectivity index (χ4v) is 1.64. The number of aromatic hydroxyl groups is 1. The van der Waals surface area contributed by atoms with Gasteiger partial charge in [0, 0.05) is 18.2 Å². The molecule has 1 aromatic carbocycles. The van der Waals surface area contributed by atoms with Gasteiger partial charge in [-0.15, -0.1) is 0 Å². The van der Waals surface area contributed by atoms with Crippen LogP contribution >= 0.6 is 0 Å². The van der Waals surface area contributed by atoms with Crippen molar-refractivity contribution >= 4 is 41.5 Å². The molecular weight excluding hydrogens is 285 g/mol. The van der Waals surface area contributed by atoms with Gasteiger partial charge in [-0.25, -0.2) is 4.79 Å². The van der Waals surface area contributed by atoms with Gasteiger partial charge in [0.15, 0.2) is 6.04 Å². The van der Waals surface area contributed by atoms with Crippen LogP contribution < -0.4 is 10.1 Å². The molecule has 0 aliphatic carbocycles. The summed E-state index contributed by atoms with van der Waals surface area (Å²) < 4.78 is 9.73. The van der Waals surface area contributed by atoms with Crippen molar-refractivity contribution in [3.63, 3.8) is 0 Å². The van der Waals surface area contributed by atoms with Gasteiger partial charge < -0.3 is 19.9 Å². The van der Waals surface area contributed by atoms with Crippen LogP contribution in [0.3, 0.4) is 0 Å². The zero-order valence-electron chi connectivity index (χ0n) is 11.6. The van der Waals surface area contributed by atoms with Gasteiger partial charge in [0.2, 0.25) is 0 Å². The van der Waals surface area contributed by atoms with E-state index in [9.17, 15) is 14.7 Å². The van der Waals surface area contributed by atoms with E-state index >= 15 is 0 Å². The zero-order valence-corrected chi connectivity index (χ0v) is 11.6. The molecular formula is C14H18NNaO5. The van der Waals surface area contributed by atoms with Crippen molar-refractivity contribution in [2.45, 2.75) is 19.9 Å². The summed E-state index contributed by atoms with van der Waals surface area (Å²) in [5, 5.41) is 12.4. The van der Waals surface area contributed by atoms with Crippen LogP contribution in [0.2, 0.25) is 0 Å².